The normalized spacial score (nSPS) is 18.8. The van der Waals surface area contributed by atoms with Crippen molar-refractivity contribution in [2.75, 3.05) is 13.1 Å². The zero-order chi connectivity index (χ0) is 13.2. The number of hydrogen-bond acceptors (Lipinski definition) is 6. The highest BCUT2D eigenvalue weighted by atomic mass is 79.9. The van der Waals surface area contributed by atoms with Gasteiger partial charge in [0.25, 0.3) is 5.91 Å². The molecular formula is C11H10BrN3O2S2. The number of carbonyl (C=O) groups excluding carboxylic acids is 1. The Bertz CT molecular complexity index is 572. The number of aromatic nitrogens is 2. The first kappa shape index (κ1) is 13.0. The quantitative estimate of drug-likeness (QED) is 0.845. The lowest BCUT2D eigenvalue weighted by Crippen LogP contribution is -2.30. The van der Waals surface area contributed by atoms with Crippen LogP contribution in [0, 0.1) is 0 Å². The maximum atomic E-state index is 12.2. The Morgan fingerprint density at radius 3 is 3.16 bits per heavy atom. The monoisotopic (exact) mass is 359 g/mol. The molecule has 1 aliphatic rings. The second-order valence-corrected chi connectivity index (χ2v) is 6.54. The number of thiophene rings is 1. The van der Waals surface area contributed by atoms with Gasteiger partial charge in [-0.15, -0.1) is 15.7 Å². The van der Waals surface area contributed by atoms with Crippen LogP contribution in [0.25, 0.3) is 0 Å². The van der Waals surface area contributed by atoms with Gasteiger partial charge in [-0.05, 0) is 22.0 Å². The molecule has 19 heavy (non-hydrogen) atoms. The molecule has 0 saturated carbocycles. The second-order valence-electron chi connectivity index (χ2n) is 4.15. The molecule has 0 N–H and O–H groups in total. The van der Waals surface area contributed by atoms with Crippen molar-refractivity contribution < 1.29 is 9.53 Å². The van der Waals surface area contributed by atoms with E-state index in [1.807, 2.05) is 16.3 Å². The van der Waals surface area contributed by atoms with Crippen LogP contribution in [0.1, 0.15) is 16.1 Å². The minimum Gasteiger partial charge on any atom is -0.471 e. The lowest BCUT2D eigenvalue weighted by atomic mass is 10.3. The predicted octanol–water partition coefficient (Wildman–Crippen LogP) is 2.66. The van der Waals surface area contributed by atoms with E-state index >= 15 is 0 Å². The van der Waals surface area contributed by atoms with Crippen molar-refractivity contribution in [2.45, 2.75) is 12.5 Å². The SMILES string of the molecule is O=C(c1cc(Br)cs1)N1CCC(Oc2cnsn2)C1. The number of rotatable bonds is 3. The van der Waals surface area contributed by atoms with Gasteiger partial charge in [-0.2, -0.15) is 4.37 Å². The van der Waals surface area contributed by atoms with E-state index in [9.17, 15) is 4.79 Å². The molecule has 2 aromatic heterocycles. The van der Waals surface area contributed by atoms with Crippen molar-refractivity contribution in [3.63, 3.8) is 0 Å². The summed E-state index contributed by atoms with van der Waals surface area (Å²) >= 11 is 5.93. The maximum Gasteiger partial charge on any atom is 0.264 e. The van der Waals surface area contributed by atoms with Crippen LogP contribution in [-0.2, 0) is 0 Å². The third-order valence-corrected chi connectivity index (χ3v) is 4.98. The minimum absolute atomic E-state index is 0.0104. The third kappa shape index (κ3) is 2.96. The molecule has 1 unspecified atom stereocenters. The molecule has 1 aliphatic heterocycles. The molecule has 0 bridgehead atoms. The van der Waals surface area contributed by atoms with E-state index in [1.165, 1.54) is 11.3 Å². The molecule has 0 aliphatic carbocycles. The summed E-state index contributed by atoms with van der Waals surface area (Å²) in [6.07, 6.45) is 2.44. The van der Waals surface area contributed by atoms with Crippen LogP contribution in [0.2, 0.25) is 0 Å². The first-order valence-electron chi connectivity index (χ1n) is 5.70. The standard InChI is InChI=1S/C11H10BrN3O2S2/c12-7-3-9(18-6-7)11(16)15-2-1-8(5-15)17-10-4-13-19-14-10/h3-4,6,8H,1-2,5H2. The van der Waals surface area contributed by atoms with Crippen LogP contribution >= 0.6 is 39.0 Å². The lowest BCUT2D eigenvalue weighted by Gasteiger charge is -2.15. The fraction of sp³-hybridized carbons (Fsp3) is 0.364. The highest BCUT2D eigenvalue weighted by molar-refractivity contribution is 9.10. The van der Waals surface area contributed by atoms with Gasteiger partial charge in [-0.3, -0.25) is 4.79 Å². The predicted molar refractivity (Wildman–Crippen MR) is 76.9 cm³/mol. The zero-order valence-corrected chi connectivity index (χ0v) is 13.0. The molecule has 0 radical (unpaired) electrons. The minimum atomic E-state index is 0.0104. The molecular weight excluding hydrogens is 350 g/mol. The number of carbonyl (C=O) groups is 1. The number of amides is 1. The van der Waals surface area contributed by atoms with E-state index in [4.69, 9.17) is 4.74 Å². The number of halogens is 1. The summed E-state index contributed by atoms with van der Waals surface area (Å²) < 4.78 is 14.5. The Kier molecular flexibility index (Phi) is 3.81. The van der Waals surface area contributed by atoms with Crippen LogP contribution in [0.5, 0.6) is 5.88 Å². The summed E-state index contributed by atoms with van der Waals surface area (Å²) in [5.41, 5.74) is 0. The van der Waals surface area contributed by atoms with Gasteiger partial charge in [0.15, 0.2) is 0 Å². The third-order valence-electron chi connectivity index (χ3n) is 2.84. The van der Waals surface area contributed by atoms with Crippen LogP contribution in [-0.4, -0.2) is 38.7 Å². The first-order chi connectivity index (χ1) is 9.22. The van der Waals surface area contributed by atoms with Gasteiger partial charge in [0.05, 0.1) is 23.2 Å². The van der Waals surface area contributed by atoms with Gasteiger partial charge < -0.3 is 9.64 Å². The van der Waals surface area contributed by atoms with Crippen molar-refractivity contribution in [1.29, 1.82) is 0 Å². The number of hydrogen-bond donors (Lipinski definition) is 0. The summed E-state index contributed by atoms with van der Waals surface area (Å²) in [6, 6.07) is 1.85. The molecule has 1 fully saturated rings. The molecule has 8 heteroatoms. The lowest BCUT2D eigenvalue weighted by molar-refractivity contribution is 0.0776. The van der Waals surface area contributed by atoms with Crippen molar-refractivity contribution in [3.05, 3.63) is 27.0 Å². The van der Waals surface area contributed by atoms with Gasteiger partial charge in [0, 0.05) is 22.8 Å². The zero-order valence-electron chi connectivity index (χ0n) is 9.78. The number of ether oxygens (including phenoxy) is 1. The largest absolute Gasteiger partial charge is 0.471 e. The van der Waals surface area contributed by atoms with E-state index in [0.717, 1.165) is 34.0 Å². The van der Waals surface area contributed by atoms with Crippen molar-refractivity contribution >= 4 is 44.9 Å². The van der Waals surface area contributed by atoms with Gasteiger partial charge in [-0.25, -0.2) is 0 Å². The highest BCUT2D eigenvalue weighted by Gasteiger charge is 2.29. The van der Waals surface area contributed by atoms with Crippen LogP contribution in [0.3, 0.4) is 0 Å². The van der Waals surface area contributed by atoms with Crippen LogP contribution in [0.4, 0.5) is 0 Å². The molecule has 0 aromatic carbocycles. The summed E-state index contributed by atoms with van der Waals surface area (Å²) in [5.74, 6) is 0.612. The number of nitrogens with zero attached hydrogens (tertiary/aromatic N) is 3. The number of likely N-dealkylation sites (tertiary alicyclic amines) is 1. The van der Waals surface area contributed by atoms with Gasteiger partial charge >= 0.3 is 0 Å². The molecule has 3 heterocycles. The average Bonchev–Trinajstić information content (AvgIpc) is 3.10. The van der Waals surface area contributed by atoms with E-state index in [-0.39, 0.29) is 12.0 Å². The Balaban J connectivity index is 1.61. The molecule has 1 saturated heterocycles. The second kappa shape index (κ2) is 5.56. The fourth-order valence-electron chi connectivity index (χ4n) is 1.97. The van der Waals surface area contributed by atoms with Crippen LogP contribution < -0.4 is 4.74 Å². The molecule has 0 spiro atoms. The van der Waals surface area contributed by atoms with Gasteiger partial charge in [0.2, 0.25) is 5.88 Å². The maximum absolute atomic E-state index is 12.2. The average molecular weight is 360 g/mol. The summed E-state index contributed by atoms with van der Waals surface area (Å²) in [6.45, 7) is 1.32. The molecule has 2 aromatic rings. The Labute approximate surface area is 126 Å². The molecule has 100 valence electrons. The van der Waals surface area contributed by atoms with E-state index in [0.29, 0.717) is 12.4 Å². The Morgan fingerprint density at radius 2 is 2.47 bits per heavy atom. The van der Waals surface area contributed by atoms with Crippen molar-refractivity contribution in [2.24, 2.45) is 0 Å². The van der Waals surface area contributed by atoms with E-state index < -0.39 is 0 Å². The highest BCUT2D eigenvalue weighted by Crippen LogP contribution is 2.24. The first-order valence-corrected chi connectivity index (χ1v) is 8.10. The fourth-order valence-corrected chi connectivity index (χ4v) is 3.72. The van der Waals surface area contributed by atoms with Gasteiger partial charge in [0.1, 0.15) is 12.3 Å². The van der Waals surface area contributed by atoms with Crippen molar-refractivity contribution in [1.82, 2.24) is 13.6 Å². The molecule has 3 rings (SSSR count). The Morgan fingerprint density at radius 1 is 1.58 bits per heavy atom. The smallest absolute Gasteiger partial charge is 0.264 e. The van der Waals surface area contributed by atoms with E-state index in [2.05, 4.69) is 24.7 Å². The van der Waals surface area contributed by atoms with Gasteiger partial charge in [-0.1, -0.05) is 0 Å². The van der Waals surface area contributed by atoms with Crippen molar-refractivity contribution in [3.8, 4) is 5.88 Å². The topological polar surface area (TPSA) is 55.3 Å². The molecule has 1 atom stereocenters. The summed E-state index contributed by atoms with van der Waals surface area (Å²) in [4.78, 5) is 14.8. The van der Waals surface area contributed by atoms with Crippen LogP contribution in [0.15, 0.2) is 22.1 Å². The summed E-state index contributed by atoms with van der Waals surface area (Å²) in [7, 11) is 0. The van der Waals surface area contributed by atoms with E-state index in [1.54, 1.807) is 6.20 Å². The molecule has 5 nitrogen and oxygen atoms in total. The summed E-state index contributed by atoms with van der Waals surface area (Å²) in [5, 5.41) is 1.91. The molecule has 1 amide bonds. The Hall–Kier alpha value is -0.990.